The van der Waals surface area contributed by atoms with Crippen LogP contribution in [0.4, 0.5) is 10.1 Å². The second-order valence-corrected chi connectivity index (χ2v) is 8.71. The number of nitrogens with one attached hydrogen (secondary N) is 2. The second-order valence-electron chi connectivity index (χ2n) is 8.71. The molecule has 1 saturated heterocycles. The summed E-state index contributed by atoms with van der Waals surface area (Å²) < 4.78 is 20.2. The third-order valence-electron chi connectivity index (χ3n) is 6.28. The summed E-state index contributed by atoms with van der Waals surface area (Å²) in [4.78, 5) is 0. The number of ether oxygens (including phenoxy) is 1. The van der Waals surface area contributed by atoms with E-state index in [9.17, 15) is 4.39 Å². The van der Waals surface area contributed by atoms with E-state index in [4.69, 9.17) is 15.7 Å². The Morgan fingerprint density at radius 3 is 2.80 bits per heavy atom. The number of nitrogens with zero attached hydrogens (tertiary/aromatic N) is 2. The molecule has 2 aliphatic heterocycles. The lowest BCUT2D eigenvalue weighted by Crippen LogP contribution is -2.34. The van der Waals surface area contributed by atoms with Crippen LogP contribution in [0.3, 0.4) is 0 Å². The summed E-state index contributed by atoms with van der Waals surface area (Å²) in [5.41, 5.74) is 15.6. The maximum atomic E-state index is 14.4. The van der Waals surface area contributed by atoms with E-state index in [2.05, 4.69) is 34.0 Å². The van der Waals surface area contributed by atoms with Crippen LogP contribution < -0.4 is 16.5 Å². The van der Waals surface area contributed by atoms with Crippen molar-refractivity contribution in [1.29, 1.82) is 5.26 Å². The first-order valence-corrected chi connectivity index (χ1v) is 12.7. The SMILES string of the molecule is CC.CC(Cc1ccc(NCC2=C3CCCCN3NC2)c(-c2ccc(C#N)c(F)c2)c1)OCCN. The molecule has 0 amide bonds. The Kier molecular flexibility index (Phi) is 10.1. The van der Waals surface area contributed by atoms with Crippen molar-refractivity contribution in [3.05, 3.63) is 64.6 Å². The number of hydrogen-bond acceptors (Lipinski definition) is 6. The molecule has 2 aromatic rings. The molecule has 0 spiro atoms. The number of nitrogens with two attached hydrogens (primary N) is 1. The van der Waals surface area contributed by atoms with Gasteiger partial charge in [0, 0.05) is 43.1 Å². The van der Waals surface area contributed by atoms with E-state index in [1.807, 2.05) is 32.9 Å². The standard InChI is InChI=1S/C26H32FN5O.C2H6/c1-18(33-11-9-28)12-19-5-8-25(23(13-19)20-6-7-21(15-29)24(27)14-20)30-16-22-17-31-32-10-3-2-4-26(22)32;1-2/h5-8,13-14,18,30-31H,2-4,9-12,16-17,28H2,1H3;1-2H3. The highest BCUT2D eigenvalue weighted by Crippen LogP contribution is 2.32. The van der Waals surface area contributed by atoms with Crippen LogP contribution in [0.5, 0.6) is 0 Å². The maximum Gasteiger partial charge on any atom is 0.141 e. The van der Waals surface area contributed by atoms with Crippen LogP contribution in [0.2, 0.25) is 0 Å². The van der Waals surface area contributed by atoms with Gasteiger partial charge in [-0.2, -0.15) is 5.26 Å². The van der Waals surface area contributed by atoms with Gasteiger partial charge in [-0.3, -0.25) is 0 Å². The summed E-state index contributed by atoms with van der Waals surface area (Å²) in [6, 6.07) is 12.9. The number of rotatable bonds is 9. The van der Waals surface area contributed by atoms with Gasteiger partial charge in [-0.15, -0.1) is 0 Å². The van der Waals surface area contributed by atoms with Crippen molar-refractivity contribution in [3.8, 4) is 17.2 Å². The van der Waals surface area contributed by atoms with E-state index in [1.54, 1.807) is 6.07 Å². The van der Waals surface area contributed by atoms with Gasteiger partial charge in [0.15, 0.2) is 0 Å². The smallest absolute Gasteiger partial charge is 0.141 e. The molecule has 2 heterocycles. The normalized spacial score (nSPS) is 15.7. The lowest BCUT2D eigenvalue weighted by molar-refractivity contribution is 0.0723. The predicted octanol–water partition coefficient (Wildman–Crippen LogP) is 4.97. The Morgan fingerprint density at radius 2 is 2.06 bits per heavy atom. The summed E-state index contributed by atoms with van der Waals surface area (Å²) in [6.45, 7) is 9.70. The molecule has 0 aromatic heterocycles. The number of allylic oxidation sites excluding steroid dienone is 1. The molecule has 0 saturated carbocycles. The minimum Gasteiger partial charge on any atom is -0.381 e. The van der Waals surface area contributed by atoms with Gasteiger partial charge in [-0.05, 0) is 73.6 Å². The average molecular weight is 480 g/mol. The minimum atomic E-state index is -0.506. The molecule has 1 fully saturated rings. The molecule has 0 aliphatic carbocycles. The minimum absolute atomic E-state index is 0.0340. The Morgan fingerprint density at radius 1 is 1.23 bits per heavy atom. The van der Waals surface area contributed by atoms with Gasteiger partial charge in [0.2, 0.25) is 0 Å². The summed E-state index contributed by atoms with van der Waals surface area (Å²) in [5.74, 6) is -0.506. The number of piperidine rings is 1. The van der Waals surface area contributed by atoms with Crippen molar-refractivity contribution in [3.63, 3.8) is 0 Å². The second kappa shape index (κ2) is 13.2. The Hall–Kier alpha value is -2.92. The van der Waals surface area contributed by atoms with Crippen LogP contribution in [0, 0.1) is 17.1 Å². The number of hydrogen-bond donors (Lipinski definition) is 3. The molecule has 188 valence electrons. The van der Waals surface area contributed by atoms with Gasteiger partial charge in [0.1, 0.15) is 11.9 Å². The van der Waals surface area contributed by atoms with Crippen molar-refractivity contribution in [2.24, 2.45) is 5.73 Å². The van der Waals surface area contributed by atoms with Gasteiger partial charge >= 0.3 is 0 Å². The van der Waals surface area contributed by atoms with Crippen LogP contribution in [0.25, 0.3) is 11.1 Å². The van der Waals surface area contributed by atoms with Gasteiger partial charge < -0.3 is 20.8 Å². The summed E-state index contributed by atoms with van der Waals surface area (Å²) in [6.07, 6.45) is 4.33. The molecule has 7 heteroatoms. The molecular weight excluding hydrogens is 441 g/mol. The summed E-state index contributed by atoms with van der Waals surface area (Å²) in [5, 5.41) is 15.0. The van der Waals surface area contributed by atoms with Crippen LogP contribution in [0.1, 0.15) is 51.2 Å². The van der Waals surface area contributed by atoms with Gasteiger partial charge in [0.05, 0.1) is 18.3 Å². The molecule has 2 aliphatic rings. The fourth-order valence-electron chi connectivity index (χ4n) is 4.58. The van der Waals surface area contributed by atoms with Crippen LogP contribution in [-0.2, 0) is 11.2 Å². The van der Waals surface area contributed by atoms with Crippen molar-refractivity contribution < 1.29 is 9.13 Å². The Balaban J connectivity index is 0.00000167. The molecule has 6 nitrogen and oxygen atoms in total. The lowest BCUT2D eigenvalue weighted by Gasteiger charge is -2.27. The molecule has 1 unspecified atom stereocenters. The molecule has 0 radical (unpaired) electrons. The topological polar surface area (TPSA) is 86.3 Å². The van der Waals surface area contributed by atoms with Crippen LogP contribution >= 0.6 is 0 Å². The zero-order valence-corrected chi connectivity index (χ0v) is 21.2. The van der Waals surface area contributed by atoms with Crippen LogP contribution in [-0.4, -0.2) is 43.9 Å². The molecule has 1 atom stereocenters. The highest BCUT2D eigenvalue weighted by atomic mass is 19.1. The first-order valence-electron chi connectivity index (χ1n) is 12.7. The summed E-state index contributed by atoms with van der Waals surface area (Å²) in [7, 11) is 0. The molecule has 2 aromatic carbocycles. The molecule has 0 bridgehead atoms. The maximum absolute atomic E-state index is 14.4. The van der Waals surface area contributed by atoms with Gasteiger partial charge in [-0.1, -0.05) is 26.0 Å². The van der Waals surface area contributed by atoms with E-state index in [1.165, 1.54) is 30.2 Å². The van der Waals surface area contributed by atoms with Crippen molar-refractivity contribution >= 4 is 5.69 Å². The van der Waals surface area contributed by atoms with Crippen molar-refractivity contribution in [2.75, 3.05) is 38.1 Å². The van der Waals surface area contributed by atoms with E-state index < -0.39 is 5.82 Å². The number of nitriles is 1. The average Bonchev–Trinajstić information content (AvgIpc) is 3.31. The third kappa shape index (κ3) is 6.82. The lowest BCUT2D eigenvalue weighted by atomic mass is 9.97. The van der Waals surface area contributed by atoms with Crippen molar-refractivity contribution in [2.45, 2.75) is 52.6 Å². The first kappa shape index (κ1) is 26.7. The monoisotopic (exact) mass is 479 g/mol. The fraction of sp³-hybridized carbons (Fsp3) is 0.464. The van der Waals surface area contributed by atoms with E-state index in [-0.39, 0.29) is 11.7 Å². The predicted molar refractivity (Wildman–Crippen MR) is 140 cm³/mol. The number of benzene rings is 2. The highest BCUT2D eigenvalue weighted by molar-refractivity contribution is 5.79. The number of anilines is 1. The zero-order chi connectivity index (χ0) is 25.2. The van der Waals surface area contributed by atoms with Gasteiger partial charge in [0.25, 0.3) is 0 Å². The van der Waals surface area contributed by atoms with Crippen LogP contribution in [0.15, 0.2) is 47.7 Å². The number of fused-ring (bicyclic) bond motifs is 1. The quantitative estimate of drug-likeness (QED) is 0.471. The van der Waals surface area contributed by atoms with E-state index >= 15 is 0 Å². The Bertz CT molecular complexity index is 1060. The molecule has 35 heavy (non-hydrogen) atoms. The molecular formula is C28H38FN5O. The molecule has 4 rings (SSSR count). The first-order chi connectivity index (χ1) is 17.1. The van der Waals surface area contributed by atoms with E-state index in [0.717, 1.165) is 54.9 Å². The van der Waals surface area contributed by atoms with Crippen molar-refractivity contribution in [1.82, 2.24) is 10.4 Å². The summed E-state index contributed by atoms with van der Waals surface area (Å²) >= 11 is 0. The largest absolute Gasteiger partial charge is 0.381 e. The number of hydrazine groups is 1. The molecule has 4 N–H and O–H groups in total. The Labute approximate surface area is 208 Å². The zero-order valence-electron chi connectivity index (χ0n) is 21.2. The third-order valence-corrected chi connectivity index (χ3v) is 6.28. The highest BCUT2D eigenvalue weighted by Gasteiger charge is 2.24. The van der Waals surface area contributed by atoms with Gasteiger partial charge in [-0.25, -0.2) is 9.82 Å². The number of halogens is 1. The fourth-order valence-corrected chi connectivity index (χ4v) is 4.58. The van der Waals surface area contributed by atoms with E-state index in [0.29, 0.717) is 13.2 Å².